The molecule has 34 heavy (non-hydrogen) atoms. The van der Waals surface area contributed by atoms with Gasteiger partial charge in [0.2, 0.25) is 0 Å². The Morgan fingerprint density at radius 3 is 2.88 bits per heavy atom. The maximum absolute atomic E-state index is 13.2. The van der Waals surface area contributed by atoms with Crippen molar-refractivity contribution >= 4 is 23.1 Å². The van der Waals surface area contributed by atoms with Crippen molar-refractivity contribution < 1.29 is 14.3 Å². The standard InChI is InChI=1S/C25H28N6O3/c1-33-19-5-4-16-12-18(3-2-17(16)13-19)20-15-28-24(26)23(29-20)25(32)30-21-14-27-7-6-22(21)31-8-10-34-11-9-31/h2-3,6-7,12,14-15,19H,4-5,8-11,13H2,1H3,(H2,26,28)(H,30,32). The van der Waals surface area contributed by atoms with E-state index < -0.39 is 5.91 Å². The zero-order chi connectivity index (χ0) is 23.5. The molecule has 2 aliphatic rings. The largest absolute Gasteiger partial charge is 0.382 e. The number of carbonyl (C=O) groups is 1. The van der Waals surface area contributed by atoms with E-state index in [0.717, 1.165) is 43.6 Å². The third kappa shape index (κ3) is 4.57. The molecule has 1 atom stereocenters. The summed E-state index contributed by atoms with van der Waals surface area (Å²) in [7, 11) is 1.76. The summed E-state index contributed by atoms with van der Waals surface area (Å²) in [4.78, 5) is 28.4. The summed E-state index contributed by atoms with van der Waals surface area (Å²) >= 11 is 0. The highest BCUT2D eigenvalue weighted by Gasteiger charge is 2.21. The second-order valence-electron chi connectivity index (χ2n) is 8.52. The van der Waals surface area contributed by atoms with Gasteiger partial charge in [-0.15, -0.1) is 0 Å². The highest BCUT2D eigenvalue weighted by atomic mass is 16.5. The van der Waals surface area contributed by atoms with Gasteiger partial charge in [-0.25, -0.2) is 9.97 Å². The molecule has 176 valence electrons. The van der Waals surface area contributed by atoms with Crippen LogP contribution in [0.4, 0.5) is 17.2 Å². The molecular formula is C25H28N6O3. The Bertz CT molecular complexity index is 1200. The van der Waals surface area contributed by atoms with E-state index in [9.17, 15) is 4.79 Å². The Morgan fingerprint density at radius 1 is 1.21 bits per heavy atom. The fraction of sp³-hybridized carbons (Fsp3) is 0.360. The van der Waals surface area contributed by atoms with E-state index >= 15 is 0 Å². The molecule has 1 unspecified atom stereocenters. The van der Waals surface area contributed by atoms with Crippen LogP contribution in [-0.2, 0) is 22.3 Å². The fourth-order valence-electron chi connectivity index (χ4n) is 4.53. The van der Waals surface area contributed by atoms with Gasteiger partial charge in [-0.1, -0.05) is 12.1 Å². The maximum atomic E-state index is 13.2. The summed E-state index contributed by atoms with van der Waals surface area (Å²) in [6, 6.07) is 8.13. The minimum atomic E-state index is -0.421. The molecule has 1 aliphatic carbocycles. The van der Waals surface area contributed by atoms with E-state index in [1.165, 1.54) is 11.1 Å². The number of hydrogen-bond acceptors (Lipinski definition) is 8. The molecule has 0 radical (unpaired) electrons. The van der Waals surface area contributed by atoms with Crippen LogP contribution >= 0.6 is 0 Å². The van der Waals surface area contributed by atoms with Crippen LogP contribution < -0.4 is 16.0 Å². The monoisotopic (exact) mass is 460 g/mol. The number of methoxy groups -OCH3 is 1. The van der Waals surface area contributed by atoms with E-state index in [1.807, 2.05) is 12.1 Å². The van der Waals surface area contributed by atoms with Gasteiger partial charge in [0.25, 0.3) is 5.91 Å². The van der Waals surface area contributed by atoms with Crippen LogP contribution in [0, 0.1) is 0 Å². The minimum Gasteiger partial charge on any atom is -0.382 e. The van der Waals surface area contributed by atoms with Crippen molar-refractivity contribution in [3.05, 3.63) is 59.7 Å². The van der Waals surface area contributed by atoms with E-state index in [2.05, 4.69) is 37.3 Å². The number of morpholine rings is 1. The highest BCUT2D eigenvalue weighted by molar-refractivity contribution is 6.07. The van der Waals surface area contributed by atoms with Gasteiger partial charge in [0.1, 0.15) is 0 Å². The van der Waals surface area contributed by atoms with Crippen molar-refractivity contribution in [1.82, 2.24) is 15.0 Å². The lowest BCUT2D eigenvalue weighted by atomic mass is 9.88. The first-order valence-electron chi connectivity index (χ1n) is 11.5. The molecule has 0 spiro atoms. The molecule has 1 fully saturated rings. The van der Waals surface area contributed by atoms with Crippen LogP contribution in [0.2, 0.25) is 0 Å². The number of nitrogens with one attached hydrogen (secondary N) is 1. The van der Waals surface area contributed by atoms with Crippen LogP contribution in [0.25, 0.3) is 11.3 Å². The molecule has 2 aromatic heterocycles. The molecule has 9 nitrogen and oxygen atoms in total. The third-order valence-corrected chi connectivity index (χ3v) is 6.43. The molecule has 1 aliphatic heterocycles. The second-order valence-corrected chi connectivity index (χ2v) is 8.52. The number of nitrogen functional groups attached to an aromatic ring is 1. The number of nitrogens with zero attached hydrogens (tertiary/aromatic N) is 4. The molecule has 5 rings (SSSR count). The number of hydrogen-bond donors (Lipinski definition) is 2. The van der Waals surface area contributed by atoms with E-state index in [-0.39, 0.29) is 17.6 Å². The topological polar surface area (TPSA) is 115 Å². The Morgan fingerprint density at radius 2 is 2.06 bits per heavy atom. The number of rotatable bonds is 5. The second kappa shape index (κ2) is 9.74. The number of amides is 1. The summed E-state index contributed by atoms with van der Waals surface area (Å²) in [6.07, 6.45) is 8.06. The predicted molar refractivity (Wildman–Crippen MR) is 130 cm³/mol. The van der Waals surface area contributed by atoms with Crippen molar-refractivity contribution in [3.63, 3.8) is 0 Å². The molecule has 1 saturated heterocycles. The van der Waals surface area contributed by atoms with Gasteiger partial charge in [-0.2, -0.15) is 0 Å². The summed E-state index contributed by atoms with van der Waals surface area (Å²) < 4.78 is 11.0. The smallest absolute Gasteiger partial charge is 0.278 e. The number of nitrogens with two attached hydrogens (primary N) is 1. The fourth-order valence-corrected chi connectivity index (χ4v) is 4.53. The molecule has 3 N–H and O–H groups in total. The van der Waals surface area contributed by atoms with Gasteiger partial charge in [0.15, 0.2) is 11.5 Å². The summed E-state index contributed by atoms with van der Waals surface area (Å²) in [5.41, 5.74) is 11.7. The van der Waals surface area contributed by atoms with Gasteiger partial charge in [-0.3, -0.25) is 9.78 Å². The van der Waals surface area contributed by atoms with Gasteiger partial charge in [-0.05, 0) is 42.5 Å². The molecule has 1 amide bonds. The van der Waals surface area contributed by atoms with Gasteiger partial charge < -0.3 is 25.4 Å². The van der Waals surface area contributed by atoms with Crippen molar-refractivity contribution in [2.24, 2.45) is 0 Å². The first-order chi connectivity index (χ1) is 16.6. The SMILES string of the molecule is COC1CCc2cc(-c3cnc(N)c(C(=O)Nc4cnccc4N4CCOCC4)n3)ccc2C1. The van der Waals surface area contributed by atoms with Crippen LogP contribution in [0.3, 0.4) is 0 Å². The van der Waals surface area contributed by atoms with E-state index in [4.69, 9.17) is 15.2 Å². The summed E-state index contributed by atoms with van der Waals surface area (Å²) in [5.74, 6) is -0.339. The number of carbonyl (C=O) groups excluding carboxylic acids is 1. The lowest BCUT2D eigenvalue weighted by Gasteiger charge is -2.30. The van der Waals surface area contributed by atoms with Crippen molar-refractivity contribution in [2.45, 2.75) is 25.4 Å². The molecule has 0 bridgehead atoms. The first-order valence-corrected chi connectivity index (χ1v) is 11.5. The molecule has 1 aromatic carbocycles. The van der Waals surface area contributed by atoms with E-state index in [1.54, 1.807) is 25.7 Å². The Balaban J connectivity index is 1.39. The third-order valence-electron chi connectivity index (χ3n) is 6.43. The minimum absolute atomic E-state index is 0.0824. The van der Waals surface area contributed by atoms with Crippen LogP contribution in [-0.4, -0.2) is 60.4 Å². The maximum Gasteiger partial charge on any atom is 0.278 e. The van der Waals surface area contributed by atoms with Crippen LogP contribution in [0.5, 0.6) is 0 Å². The van der Waals surface area contributed by atoms with Gasteiger partial charge >= 0.3 is 0 Å². The van der Waals surface area contributed by atoms with Crippen molar-refractivity contribution in [2.75, 3.05) is 49.4 Å². The summed E-state index contributed by atoms with van der Waals surface area (Å²) in [6.45, 7) is 2.77. The quantitative estimate of drug-likeness (QED) is 0.597. The molecule has 0 saturated carbocycles. The predicted octanol–water partition coefficient (Wildman–Crippen LogP) is 2.71. The number of pyridine rings is 1. The Hall–Kier alpha value is -3.56. The molecular weight excluding hydrogens is 432 g/mol. The van der Waals surface area contributed by atoms with Gasteiger partial charge in [0.05, 0.1) is 48.8 Å². The lowest BCUT2D eigenvalue weighted by Crippen LogP contribution is -2.36. The zero-order valence-corrected chi connectivity index (χ0v) is 19.2. The average molecular weight is 461 g/mol. The van der Waals surface area contributed by atoms with Crippen LogP contribution in [0.1, 0.15) is 28.0 Å². The molecule has 9 heteroatoms. The number of aryl methyl sites for hydroxylation is 1. The summed E-state index contributed by atoms with van der Waals surface area (Å²) in [5, 5.41) is 2.92. The number of fused-ring (bicyclic) bond motifs is 1. The molecule has 3 aromatic rings. The molecule has 3 heterocycles. The van der Waals surface area contributed by atoms with Gasteiger partial charge in [0, 0.05) is 32.0 Å². The number of anilines is 3. The highest BCUT2D eigenvalue weighted by Crippen LogP contribution is 2.29. The normalized spacial score (nSPS) is 17.8. The number of ether oxygens (including phenoxy) is 2. The van der Waals surface area contributed by atoms with Crippen molar-refractivity contribution in [1.29, 1.82) is 0 Å². The van der Waals surface area contributed by atoms with E-state index in [0.29, 0.717) is 24.6 Å². The number of benzene rings is 1. The number of aromatic nitrogens is 3. The Labute approximate surface area is 198 Å². The van der Waals surface area contributed by atoms with Crippen molar-refractivity contribution in [3.8, 4) is 11.3 Å². The lowest BCUT2D eigenvalue weighted by molar-refractivity contribution is 0.0911. The average Bonchev–Trinajstić information content (AvgIpc) is 2.89. The van der Waals surface area contributed by atoms with Crippen LogP contribution in [0.15, 0.2) is 42.9 Å². The first kappa shape index (κ1) is 22.2. The zero-order valence-electron chi connectivity index (χ0n) is 19.2. The Kier molecular flexibility index (Phi) is 6.37.